The highest BCUT2D eigenvalue weighted by Gasteiger charge is 2.32. The lowest BCUT2D eigenvalue weighted by Gasteiger charge is -2.31. The number of fused-ring (bicyclic) bond motifs is 1. The van der Waals surface area contributed by atoms with E-state index >= 15 is 0 Å². The first kappa shape index (κ1) is 21.2. The van der Waals surface area contributed by atoms with Crippen LogP contribution >= 0.6 is 11.6 Å². The van der Waals surface area contributed by atoms with Gasteiger partial charge in [-0.05, 0) is 25.8 Å². The van der Waals surface area contributed by atoms with E-state index in [-0.39, 0.29) is 35.1 Å². The number of nitrogens with one attached hydrogen (secondary N) is 1. The highest BCUT2D eigenvalue weighted by Crippen LogP contribution is 2.32. The van der Waals surface area contributed by atoms with Gasteiger partial charge in [-0.25, -0.2) is 9.78 Å². The number of pyridine rings is 1. The third-order valence-corrected chi connectivity index (χ3v) is 4.89. The van der Waals surface area contributed by atoms with Gasteiger partial charge in [-0.1, -0.05) is 11.6 Å². The van der Waals surface area contributed by atoms with Gasteiger partial charge in [0.2, 0.25) is 5.91 Å². The number of hydrogen-bond donors (Lipinski definition) is 1. The minimum absolute atomic E-state index is 0.0859. The molecule has 2 aromatic rings. The number of alkyl halides is 3. The molecule has 1 fully saturated rings. The fraction of sp³-hybridized carbons (Fsp3) is 0.500. The van der Waals surface area contributed by atoms with E-state index in [1.807, 2.05) is 0 Å². The summed E-state index contributed by atoms with van der Waals surface area (Å²) in [5.41, 5.74) is -0.422. The van der Waals surface area contributed by atoms with E-state index in [0.29, 0.717) is 38.2 Å². The standard InChI is InChI=1S/C18H20ClF3N4O3/c1-2-29-17(28)25-5-3-12(4-6-25)23-15(27)8-13-10-26-9-11(18(20,21)22)7-14(19)16(26)24-13/h7,9-10,12H,2-6,8H2,1H3,(H,23,27). The van der Waals surface area contributed by atoms with Crippen molar-refractivity contribution in [3.8, 4) is 0 Å². The van der Waals surface area contributed by atoms with Crippen LogP contribution in [0, 0.1) is 0 Å². The molecule has 1 saturated heterocycles. The molecule has 2 aromatic heterocycles. The van der Waals surface area contributed by atoms with Gasteiger partial charge in [0.25, 0.3) is 0 Å². The van der Waals surface area contributed by atoms with Crippen LogP contribution in [-0.4, -0.2) is 52.0 Å². The summed E-state index contributed by atoms with van der Waals surface area (Å²) in [7, 11) is 0. The molecule has 0 aliphatic carbocycles. The molecular weight excluding hydrogens is 413 g/mol. The average molecular weight is 433 g/mol. The Morgan fingerprint density at radius 2 is 2.00 bits per heavy atom. The zero-order valence-electron chi connectivity index (χ0n) is 15.6. The average Bonchev–Trinajstić information content (AvgIpc) is 3.04. The molecule has 0 saturated carbocycles. The molecule has 0 aromatic carbocycles. The minimum atomic E-state index is -4.53. The van der Waals surface area contributed by atoms with Crippen molar-refractivity contribution in [3.63, 3.8) is 0 Å². The molecule has 7 nitrogen and oxygen atoms in total. The van der Waals surface area contributed by atoms with Gasteiger partial charge in [-0.15, -0.1) is 0 Å². The van der Waals surface area contributed by atoms with E-state index < -0.39 is 11.7 Å². The molecule has 0 radical (unpaired) electrons. The van der Waals surface area contributed by atoms with Crippen LogP contribution < -0.4 is 5.32 Å². The third-order valence-electron chi connectivity index (χ3n) is 4.61. The fourth-order valence-electron chi connectivity index (χ4n) is 3.21. The highest BCUT2D eigenvalue weighted by molar-refractivity contribution is 6.33. The number of imidazole rings is 1. The van der Waals surface area contributed by atoms with Crippen molar-refractivity contribution >= 4 is 29.2 Å². The Kier molecular flexibility index (Phi) is 6.21. The molecule has 0 unspecified atom stereocenters. The van der Waals surface area contributed by atoms with Crippen LogP contribution in [0.3, 0.4) is 0 Å². The van der Waals surface area contributed by atoms with Gasteiger partial charge in [0.1, 0.15) is 0 Å². The highest BCUT2D eigenvalue weighted by atomic mass is 35.5. The smallest absolute Gasteiger partial charge is 0.417 e. The van der Waals surface area contributed by atoms with E-state index in [1.54, 1.807) is 11.8 Å². The van der Waals surface area contributed by atoms with Crippen LogP contribution in [0.4, 0.5) is 18.0 Å². The third kappa shape index (κ3) is 5.11. The Balaban J connectivity index is 1.59. The first-order valence-corrected chi connectivity index (χ1v) is 9.50. The van der Waals surface area contributed by atoms with Crippen LogP contribution in [0.25, 0.3) is 5.65 Å². The van der Waals surface area contributed by atoms with E-state index in [9.17, 15) is 22.8 Å². The Bertz CT molecular complexity index is 908. The molecule has 3 rings (SSSR count). The molecule has 3 heterocycles. The molecule has 1 aliphatic rings. The van der Waals surface area contributed by atoms with Crippen molar-refractivity contribution in [2.24, 2.45) is 0 Å². The van der Waals surface area contributed by atoms with E-state index in [0.717, 1.165) is 12.3 Å². The van der Waals surface area contributed by atoms with Gasteiger partial charge in [0.05, 0.1) is 29.3 Å². The second-order valence-electron chi connectivity index (χ2n) is 6.74. The Morgan fingerprint density at radius 3 is 2.62 bits per heavy atom. The topological polar surface area (TPSA) is 75.9 Å². The van der Waals surface area contributed by atoms with E-state index in [1.165, 1.54) is 10.6 Å². The molecule has 1 aliphatic heterocycles. The van der Waals surface area contributed by atoms with Crippen LogP contribution in [0.15, 0.2) is 18.5 Å². The van der Waals surface area contributed by atoms with Crippen LogP contribution in [0.2, 0.25) is 5.02 Å². The maximum absolute atomic E-state index is 12.9. The molecule has 0 atom stereocenters. The summed E-state index contributed by atoms with van der Waals surface area (Å²) in [6, 6.07) is 0.719. The van der Waals surface area contributed by atoms with Gasteiger partial charge in [0, 0.05) is 31.5 Å². The number of amides is 2. The maximum atomic E-state index is 12.9. The zero-order chi connectivity index (χ0) is 21.2. The van der Waals surface area contributed by atoms with Crippen LogP contribution in [0.1, 0.15) is 31.0 Å². The lowest BCUT2D eigenvalue weighted by atomic mass is 10.1. The molecule has 11 heteroatoms. The number of ether oxygens (including phenoxy) is 1. The number of nitrogens with zero attached hydrogens (tertiary/aromatic N) is 3. The SMILES string of the molecule is CCOC(=O)N1CCC(NC(=O)Cc2cn3cc(C(F)(F)F)cc(Cl)c3n2)CC1. The van der Waals surface area contributed by atoms with Crippen LogP contribution in [-0.2, 0) is 22.1 Å². The molecule has 1 N–H and O–H groups in total. The van der Waals surface area contributed by atoms with Crippen molar-refractivity contribution < 1.29 is 27.5 Å². The summed E-state index contributed by atoms with van der Waals surface area (Å²) in [4.78, 5) is 29.7. The molecule has 0 spiro atoms. The van der Waals surface area contributed by atoms with E-state index in [2.05, 4.69) is 10.3 Å². The van der Waals surface area contributed by atoms with Gasteiger partial charge in [0.15, 0.2) is 5.65 Å². The second-order valence-corrected chi connectivity index (χ2v) is 7.15. The Morgan fingerprint density at radius 1 is 1.31 bits per heavy atom. The van der Waals surface area contributed by atoms with Crippen molar-refractivity contribution in [1.29, 1.82) is 0 Å². The van der Waals surface area contributed by atoms with Crippen molar-refractivity contribution in [3.05, 3.63) is 34.7 Å². The Hall–Kier alpha value is -2.49. The predicted octanol–water partition coefficient (Wildman–Crippen LogP) is 3.29. The lowest BCUT2D eigenvalue weighted by Crippen LogP contribution is -2.47. The summed E-state index contributed by atoms with van der Waals surface area (Å²) in [5, 5.41) is 2.73. The van der Waals surface area contributed by atoms with Crippen molar-refractivity contribution in [1.82, 2.24) is 19.6 Å². The first-order valence-electron chi connectivity index (χ1n) is 9.12. The first-order chi connectivity index (χ1) is 13.7. The molecule has 2 amide bonds. The summed E-state index contributed by atoms with van der Waals surface area (Å²) < 4.78 is 44.8. The number of halogens is 4. The van der Waals surface area contributed by atoms with Crippen molar-refractivity contribution in [2.75, 3.05) is 19.7 Å². The van der Waals surface area contributed by atoms with Gasteiger partial charge >= 0.3 is 12.3 Å². The quantitative estimate of drug-likeness (QED) is 0.804. The summed E-state index contributed by atoms with van der Waals surface area (Å²) in [5.74, 6) is -0.296. The predicted molar refractivity (Wildman–Crippen MR) is 98.7 cm³/mol. The van der Waals surface area contributed by atoms with Gasteiger partial charge in [-0.3, -0.25) is 4.79 Å². The minimum Gasteiger partial charge on any atom is -0.450 e. The zero-order valence-corrected chi connectivity index (χ0v) is 16.4. The fourth-order valence-corrected chi connectivity index (χ4v) is 3.47. The number of likely N-dealkylation sites (tertiary alicyclic amines) is 1. The number of hydrogen-bond acceptors (Lipinski definition) is 4. The molecule has 158 valence electrons. The number of carbonyl (C=O) groups excluding carboxylic acids is 2. The number of aromatic nitrogens is 2. The Labute approximate surface area is 169 Å². The van der Waals surface area contributed by atoms with Crippen LogP contribution in [0.5, 0.6) is 0 Å². The second kappa shape index (κ2) is 8.48. The number of piperidine rings is 1. The van der Waals surface area contributed by atoms with Crippen molar-refractivity contribution in [2.45, 2.75) is 38.4 Å². The largest absolute Gasteiger partial charge is 0.450 e. The maximum Gasteiger partial charge on any atom is 0.417 e. The summed E-state index contributed by atoms with van der Waals surface area (Å²) >= 11 is 5.91. The summed E-state index contributed by atoms with van der Waals surface area (Å²) in [6.07, 6.45) is -1.54. The monoisotopic (exact) mass is 432 g/mol. The normalized spacial score (nSPS) is 15.6. The van der Waals surface area contributed by atoms with Gasteiger partial charge in [-0.2, -0.15) is 13.2 Å². The number of carbonyl (C=O) groups is 2. The summed E-state index contributed by atoms with van der Waals surface area (Å²) in [6.45, 7) is 3.01. The number of rotatable bonds is 4. The molecular formula is C18H20ClF3N4O3. The molecule has 0 bridgehead atoms. The lowest BCUT2D eigenvalue weighted by molar-refractivity contribution is -0.137. The van der Waals surface area contributed by atoms with Gasteiger partial charge < -0.3 is 19.4 Å². The van der Waals surface area contributed by atoms with E-state index in [4.69, 9.17) is 16.3 Å². The molecule has 29 heavy (non-hydrogen) atoms.